The molecule has 0 saturated carbocycles. The van der Waals surface area contributed by atoms with Gasteiger partial charge in [-0.3, -0.25) is 4.79 Å². The maximum atomic E-state index is 13.2. The maximum absolute atomic E-state index is 13.2. The van der Waals surface area contributed by atoms with Gasteiger partial charge in [0.05, 0.1) is 6.10 Å². The van der Waals surface area contributed by atoms with E-state index in [-0.39, 0.29) is 30.1 Å². The Kier molecular flexibility index (Phi) is 6.51. The molecule has 118 valence electrons. The quantitative estimate of drug-likeness (QED) is 0.926. The Bertz CT molecular complexity index is 482. The van der Waals surface area contributed by atoms with Crippen LogP contribution in [-0.4, -0.2) is 43.2 Å². The Morgan fingerprint density at radius 3 is 2.52 bits per heavy atom. The number of carbonyl (C=O) groups is 1. The number of rotatable bonds is 3. The fraction of sp³-hybridized carbons (Fsp3) is 0.500. The normalized spacial score (nSPS) is 21.8. The summed E-state index contributed by atoms with van der Waals surface area (Å²) in [6.45, 7) is 0.765. The van der Waals surface area contributed by atoms with E-state index >= 15 is 0 Å². The molecule has 1 saturated heterocycles. The first kappa shape index (κ1) is 17.8. The van der Waals surface area contributed by atoms with E-state index in [1.807, 2.05) is 0 Å². The third-order valence-corrected chi connectivity index (χ3v) is 3.64. The summed E-state index contributed by atoms with van der Waals surface area (Å²) in [6.07, 6.45) is 1.39. The molecule has 1 aromatic rings. The Hall–Kier alpha value is -1.24. The second kappa shape index (κ2) is 7.68. The molecule has 1 amide bonds. The number of ether oxygens (including phenoxy) is 1. The summed E-state index contributed by atoms with van der Waals surface area (Å²) in [6, 6.07) is 2.66. The molecule has 1 heterocycles. The molecule has 0 spiro atoms. The summed E-state index contributed by atoms with van der Waals surface area (Å²) >= 11 is 0. The zero-order chi connectivity index (χ0) is 14.7. The van der Waals surface area contributed by atoms with Crippen molar-refractivity contribution in [1.82, 2.24) is 4.90 Å². The molecule has 1 aliphatic rings. The van der Waals surface area contributed by atoms with Gasteiger partial charge in [-0.1, -0.05) is 0 Å². The van der Waals surface area contributed by atoms with E-state index in [9.17, 15) is 13.6 Å². The van der Waals surface area contributed by atoms with Crippen molar-refractivity contribution < 1.29 is 18.3 Å². The van der Waals surface area contributed by atoms with Gasteiger partial charge in [-0.25, -0.2) is 8.78 Å². The van der Waals surface area contributed by atoms with E-state index in [2.05, 4.69) is 0 Å². The summed E-state index contributed by atoms with van der Waals surface area (Å²) in [5.41, 5.74) is 5.70. The highest BCUT2D eigenvalue weighted by atomic mass is 35.5. The second-order valence-electron chi connectivity index (χ2n) is 4.93. The molecule has 21 heavy (non-hydrogen) atoms. The number of piperidine rings is 1. The van der Waals surface area contributed by atoms with Crippen LogP contribution in [0, 0.1) is 11.6 Å². The van der Waals surface area contributed by atoms with Gasteiger partial charge in [0, 0.05) is 37.9 Å². The molecule has 1 aromatic carbocycles. The number of hydrogen-bond acceptors (Lipinski definition) is 3. The molecule has 2 rings (SSSR count). The number of nitrogens with two attached hydrogens (primary N) is 1. The minimum absolute atomic E-state index is 0. The van der Waals surface area contributed by atoms with E-state index in [0.29, 0.717) is 25.9 Å². The van der Waals surface area contributed by atoms with Gasteiger partial charge in [0.1, 0.15) is 11.6 Å². The molecule has 1 aliphatic heterocycles. The second-order valence-corrected chi connectivity index (χ2v) is 4.93. The highest BCUT2D eigenvalue weighted by Crippen LogP contribution is 2.22. The lowest BCUT2D eigenvalue weighted by Gasteiger charge is -2.38. The first-order chi connectivity index (χ1) is 9.55. The Balaban J connectivity index is 0.00000220. The topological polar surface area (TPSA) is 55.6 Å². The number of hydrogen-bond donors (Lipinski definition) is 1. The fourth-order valence-electron chi connectivity index (χ4n) is 2.56. The zero-order valence-corrected chi connectivity index (χ0v) is 12.5. The summed E-state index contributed by atoms with van der Waals surface area (Å²) < 4.78 is 31.7. The van der Waals surface area contributed by atoms with Crippen LogP contribution in [0.2, 0.25) is 0 Å². The summed E-state index contributed by atoms with van der Waals surface area (Å²) in [5, 5.41) is 0. The van der Waals surface area contributed by atoms with Crippen LogP contribution >= 0.6 is 12.4 Å². The van der Waals surface area contributed by atoms with E-state index in [0.717, 1.165) is 18.2 Å². The smallest absolute Gasteiger partial charge is 0.254 e. The van der Waals surface area contributed by atoms with Crippen molar-refractivity contribution >= 4 is 18.3 Å². The van der Waals surface area contributed by atoms with E-state index in [4.69, 9.17) is 10.5 Å². The van der Waals surface area contributed by atoms with Crippen LogP contribution in [0.3, 0.4) is 0 Å². The summed E-state index contributed by atoms with van der Waals surface area (Å²) in [5.74, 6) is -1.91. The molecular weight excluding hydrogens is 302 g/mol. The van der Waals surface area contributed by atoms with Gasteiger partial charge in [-0.05, 0) is 25.0 Å². The number of likely N-dealkylation sites (tertiary alicyclic amines) is 1. The first-order valence-electron chi connectivity index (χ1n) is 6.55. The average molecular weight is 321 g/mol. The van der Waals surface area contributed by atoms with Crippen molar-refractivity contribution in [3.63, 3.8) is 0 Å². The van der Waals surface area contributed by atoms with Gasteiger partial charge in [0.2, 0.25) is 0 Å². The van der Waals surface area contributed by atoms with E-state index < -0.39 is 17.5 Å². The van der Waals surface area contributed by atoms with Gasteiger partial charge in [-0.15, -0.1) is 12.4 Å². The number of nitrogens with zero attached hydrogens (tertiary/aromatic N) is 1. The summed E-state index contributed by atoms with van der Waals surface area (Å²) in [7, 11) is 1.62. The SMILES string of the molecule is COC1CCN(C(=O)c2cc(F)cc(F)c2)C(CN)C1.Cl. The highest BCUT2D eigenvalue weighted by molar-refractivity contribution is 5.94. The Morgan fingerprint density at radius 2 is 2.00 bits per heavy atom. The molecule has 2 N–H and O–H groups in total. The molecule has 0 radical (unpaired) electrons. The number of amides is 1. The van der Waals surface area contributed by atoms with Crippen LogP contribution in [0.25, 0.3) is 0 Å². The number of halogens is 3. The monoisotopic (exact) mass is 320 g/mol. The minimum atomic E-state index is -0.760. The van der Waals surface area contributed by atoms with Crippen LogP contribution in [0.15, 0.2) is 18.2 Å². The molecule has 7 heteroatoms. The van der Waals surface area contributed by atoms with Crippen molar-refractivity contribution in [2.24, 2.45) is 5.73 Å². The molecular formula is C14H19ClF2N2O2. The van der Waals surface area contributed by atoms with Crippen LogP contribution in [-0.2, 0) is 4.74 Å². The Labute approximate surface area is 128 Å². The molecule has 0 bridgehead atoms. The van der Waals surface area contributed by atoms with Crippen LogP contribution in [0.5, 0.6) is 0 Å². The lowest BCUT2D eigenvalue weighted by atomic mass is 9.98. The minimum Gasteiger partial charge on any atom is -0.381 e. The number of carbonyl (C=O) groups excluding carboxylic acids is 1. The van der Waals surface area contributed by atoms with Crippen molar-refractivity contribution in [1.29, 1.82) is 0 Å². The summed E-state index contributed by atoms with van der Waals surface area (Å²) in [4.78, 5) is 13.9. The molecule has 4 nitrogen and oxygen atoms in total. The fourth-order valence-corrected chi connectivity index (χ4v) is 2.56. The molecule has 2 unspecified atom stereocenters. The standard InChI is InChI=1S/C14H18F2N2O2.ClH/c1-20-13-2-3-18(12(7-13)8-17)14(19)9-4-10(15)6-11(16)5-9;/h4-6,12-13H,2-3,7-8,17H2,1H3;1H. The average Bonchev–Trinajstić information content (AvgIpc) is 2.44. The first-order valence-corrected chi connectivity index (χ1v) is 6.55. The van der Waals surface area contributed by atoms with Crippen LogP contribution < -0.4 is 5.73 Å². The van der Waals surface area contributed by atoms with E-state index in [1.165, 1.54) is 0 Å². The lowest BCUT2D eigenvalue weighted by Crippen LogP contribution is -2.51. The van der Waals surface area contributed by atoms with E-state index in [1.54, 1.807) is 12.0 Å². The van der Waals surface area contributed by atoms with Crippen molar-refractivity contribution in [3.8, 4) is 0 Å². The third-order valence-electron chi connectivity index (χ3n) is 3.64. The van der Waals surface area contributed by atoms with Gasteiger partial charge in [-0.2, -0.15) is 0 Å². The van der Waals surface area contributed by atoms with Crippen molar-refractivity contribution in [3.05, 3.63) is 35.4 Å². The maximum Gasteiger partial charge on any atom is 0.254 e. The Morgan fingerprint density at radius 1 is 1.38 bits per heavy atom. The number of methoxy groups -OCH3 is 1. The largest absolute Gasteiger partial charge is 0.381 e. The molecule has 0 aromatic heterocycles. The zero-order valence-electron chi connectivity index (χ0n) is 11.7. The highest BCUT2D eigenvalue weighted by Gasteiger charge is 2.31. The lowest BCUT2D eigenvalue weighted by molar-refractivity contribution is 0.0138. The third kappa shape index (κ3) is 4.12. The predicted octanol–water partition coefficient (Wildman–Crippen LogP) is 1.96. The van der Waals surface area contributed by atoms with Crippen LogP contribution in [0.1, 0.15) is 23.2 Å². The van der Waals surface area contributed by atoms with Gasteiger partial charge >= 0.3 is 0 Å². The molecule has 0 aliphatic carbocycles. The molecule has 2 atom stereocenters. The van der Waals surface area contributed by atoms with Gasteiger partial charge in [0.25, 0.3) is 5.91 Å². The van der Waals surface area contributed by atoms with Gasteiger partial charge in [0.15, 0.2) is 0 Å². The molecule has 1 fully saturated rings. The van der Waals surface area contributed by atoms with Crippen LogP contribution in [0.4, 0.5) is 8.78 Å². The predicted molar refractivity (Wildman–Crippen MR) is 77.5 cm³/mol. The number of benzene rings is 1. The van der Waals surface area contributed by atoms with Crippen molar-refractivity contribution in [2.75, 3.05) is 20.2 Å². The van der Waals surface area contributed by atoms with Crippen molar-refractivity contribution in [2.45, 2.75) is 25.0 Å². The van der Waals surface area contributed by atoms with Gasteiger partial charge < -0.3 is 15.4 Å².